The lowest BCUT2D eigenvalue weighted by molar-refractivity contribution is -0.384. The Morgan fingerprint density at radius 3 is 2.85 bits per heavy atom. The van der Waals surface area contributed by atoms with Crippen LogP contribution in [0, 0.1) is 10.1 Å². The van der Waals surface area contributed by atoms with Gasteiger partial charge in [0, 0.05) is 31.5 Å². The van der Waals surface area contributed by atoms with Crippen molar-refractivity contribution in [3.63, 3.8) is 0 Å². The fraction of sp³-hybridized carbons (Fsp3) is 0.583. The number of hydrogen-bond acceptors (Lipinski definition) is 4. The summed E-state index contributed by atoms with van der Waals surface area (Å²) in [6, 6.07) is 1.31. The number of halogens is 1. The van der Waals surface area contributed by atoms with E-state index < -0.39 is 4.92 Å². The Labute approximate surface area is 124 Å². The first kappa shape index (κ1) is 15.0. The van der Waals surface area contributed by atoms with Crippen LogP contribution in [0.2, 0.25) is 0 Å². The fourth-order valence-electron chi connectivity index (χ4n) is 2.32. The predicted octanol–water partition coefficient (Wildman–Crippen LogP) is 1.56. The third kappa shape index (κ3) is 3.01. The first-order valence-electron chi connectivity index (χ1n) is 6.23. The molecule has 0 N–H and O–H groups in total. The standard InChI is InChI=1S/C12H16BrN3O4/c1-8-5-15(7-10(4-13)20-8)12(17)11-3-9(16(18)19)6-14(11)2/h3,6,8,10H,4-5,7H2,1-2H3. The molecule has 0 spiro atoms. The van der Waals surface area contributed by atoms with Crippen LogP contribution in [0.15, 0.2) is 12.3 Å². The van der Waals surface area contributed by atoms with E-state index in [0.29, 0.717) is 24.1 Å². The van der Waals surface area contributed by atoms with Crippen molar-refractivity contribution in [1.82, 2.24) is 9.47 Å². The minimum Gasteiger partial charge on any atom is -0.371 e. The molecule has 1 aliphatic rings. The van der Waals surface area contributed by atoms with Gasteiger partial charge in [0.15, 0.2) is 0 Å². The van der Waals surface area contributed by atoms with Gasteiger partial charge < -0.3 is 14.2 Å². The molecule has 0 aromatic carbocycles. The minimum atomic E-state index is -0.500. The number of rotatable bonds is 3. The molecular weight excluding hydrogens is 330 g/mol. The number of aromatic nitrogens is 1. The number of nitrogens with zero attached hydrogens (tertiary/aromatic N) is 3. The monoisotopic (exact) mass is 345 g/mol. The maximum atomic E-state index is 12.5. The fourth-order valence-corrected chi connectivity index (χ4v) is 2.68. The third-order valence-corrected chi connectivity index (χ3v) is 3.93. The molecule has 2 atom stereocenters. The summed E-state index contributed by atoms with van der Waals surface area (Å²) < 4.78 is 7.16. The average molecular weight is 346 g/mol. The van der Waals surface area contributed by atoms with Crippen LogP contribution >= 0.6 is 15.9 Å². The van der Waals surface area contributed by atoms with Crippen LogP contribution in [-0.4, -0.2) is 50.9 Å². The van der Waals surface area contributed by atoms with Crippen molar-refractivity contribution in [1.29, 1.82) is 0 Å². The summed E-state index contributed by atoms with van der Waals surface area (Å²) in [6.07, 6.45) is 1.24. The van der Waals surface area contributed by atoms with Gasteiger partial charge in [-0.2, -0.15) is 0 Å². The molecule has 8 heteroatoms. The number of amides is 1. The zero-order valence-corrected chi connectivity index (χ0v) is 12.9. The van der Waals surface area contributed by atoms with Crippen molar-refractivity contribution in [2.45, 2.75) is 19.1 Å². The number of alkyl halides is 1. The molecule has 1 amide bonds. The summed E-state index contributed by atoms with van der Waals surface area (Å²) in [5.74, 6) is -0.207. The second-order valence-electron chi connectivity index (χ2n) is 4.88. The van der Waals surface area contributed by atoms with E-state index in [1.807, 2.05) is 6.92 Å². The normalized spacial score (nSPS) is 22.9. The van der Waals surface area contributed by atoms with Crippen LogP contribution in [-0.2, 0) is 11.8 Å². The van der Waals surface area contributed by atoms with Crippen LogP contribution < -0.4 is 0 Å². The van der Waals surface area contributed by atoms with E-state index in [-0.39, 0.29) is 23.8 Å². The van der Waals surface area contributed by atoms with Gasteiger partial charge in [0.1, 0.15) is 5.69 Å². The Hall–Kier alpha value is -1.41. The number of ether oxygens (including phenoxy) is 1. The highest BCUT2D eigenvalue weighted by molar-refractivity contribution is 9.09. The molecule has 1 saturated heterocycles. The van der Waals surface area contributed by atoms with Gasteiger partial charge in [0.2, 0.25) is 0 Å². The molecule has 2 unspecified atom stereocenters. The van der Waals surface area contributed by atoms with Crippen LogP contribution in [0.5, 0.6) is 0 Å². The number of nitro groups is 1. The summed E-state index contributed by atoms with van der Waals surface area (Å²) in [5.41, 5.74) is 0.244. The Morgan fingerprint density at radius 2 is 2.30 bits per heavy atom. The lowest BCUT2D eigenvalue weighted by Crippen LogP contribution is -2.50. The first-order chi connectivity index (χ1) is 9.42. The van der Waals surface area contributed by atoms with Gasteiger partial charge in [-0.3, -0.25) is 14.9 Å². The van der Waals surface area contributed by atoms with Crippen molar-refractivity contribution >= 4 is 27.5 Å². The number of aryl methyl sites for hydroxylation is 1. The van der Waals surface area contributed by atoms with E-state index in [0.717, 1.165) is 0 Å². The molecular formula is C12H16BrN3O4. The lowest BCUT2D eigenvalue weighted by atomic mass is 10.2. The Morgan fingerprint density at radius 1 is 1.60 bits per heavy atom. The van der Waals surface area contributed by atoms with Crippen LogP contribution in [0.4, 0.5) is 5.69 Å². The van der Waals surface area contributed by atoms with E-state index in [4.69, 9.17) is 4.74 Å². The van der Waals surface area contributed by atoms with E-state index in [1.54, 1.807) is 11.9 Å². The van der Waals surface area contributed by atoms with E-state index in [9.17, 15) is 14.9 Å². The van der Waals surface area contributed by atoms with Gasteiger partial charge >= 0.3 is 0 Å². The largest absolute Gasteiger partial charge is 0.371 e. The zero-order valence-electron chi connectivity index (χ0n) is 11.3. The quantitative estimate of drug-likeness (QED) is 0.473. The highest BCUT2D eigenvalue weighted by atomic mass is 79.9. The van der Waals surface area contributed by atoms with Crippen LogP contribution in [0.1, 0.15) is 17.4 Å². The summed E-state index contributed by atoms with van der Waals surface area (Å²) >= 11 is 3.35. The van der Waals surface area contributed by atoms with Gasteiger partial charge in [-0.1, -0.05) is 15.9 Å². The molecule has 2 heterocycles. The van der Waals surface area contributed by atoms with Gasteiger partial charge in [0.05, 0.1) is 23.3 Å². The number of carbonyl (C=O) groups excluding carboxylic acids is 1. The number of carbonyl (C=O) groups is 1. The van der Waals surface area contributed by atoms with E-state index >= 15 is 0 Å². The highest BCUT2D eigenvalue weighted by Gasteiger charge is 2.30. The maximum absolute atomic E-state index is 12.5. The summed E-state index contributed by atoms with van der Waals surface area (Å²) in [4.78, 5) is 24.4. The van der Waals surface area contributed by atoms with Crippen LogP contribution in [0.3, 0.4) is 0 Å². The minimum absolute atomic E-state index is 0.0505. The molecule has 0 bridgehead atoms. The molecule has 1 aliphatic heterocycles. The van der Waals surface area contributed by atoms with E-state index in [1.165, 1.54) is 16.8 Å². The molecule has 0 saturated carbocycles. The molecule has 0 aliphatic carbocycles. The summed E-state index contributed by atoms with van der Waals surface area (Å²) in [6.45, 7) is 2.87. The van der Waals surface area contributed by atoms with Crippen molar-refractivity contribution < 1.29 is 14.5 Å². The Balaban J connectivity index is 2.20. The first-order valence-corrected chi connectivity index (χ1v) is 7.36. The van der Waals surface area contributed by atoms with E-state index in [2.05, 4.69) is 15.9 Å². The molecule has 1 aromatic heterocycles. The molecule has 0 radical (unpaired) electrons. The Kier molecular flexibility index (Phi) is 4.44. The number of hydrogen-bond donors (Lipinski definition) is 0. The van der Waals surface area contributed by atoms with Crippen molar-refractivity contribution in [2.75, 3.05) is 18.4 Å². The molecule has 20 heavy (non-hydrogen) atoms. The van der Waals surface area contributed by atoms with Gasteiger partial charge in [-0.05, 0) is 6.92 Å². The van der Waals surface area contributed by atoms with Crippen LogP contribution in [0.25, 0.3) is 0 Å². The summed E-state index contributed by atoms with van der Waals surface area (Å²) in [7, 11) is 1.63. The molecule has 2 rings (SSSR count). The maximum Gasteiger partial charge on any atom is 0.287 e. The van der Waals surface area contributed by atoms with Crippen molar-refractivity contribution in [3.05, 3.63) is 28.1 Å². The summed E-state index contributed by atoms with van der Waals surface area (Å²) in [5, 5.41) is 11.4. The second kappa shape index (κ2) is 5.92. The lowest BCUT2D eigenvalue weighted by Gasteiger charge is -2.36. The Bertz CT molecular complexity index is 531. The zero-order chi connectivity index (χ0) is 14.9. The second-order valence-corrected chi connectivity index (χ2v) is 5.53. The highest BCUT2D eigenvalue weighted by Crippen LogP contribution is 2.20. The molecule has 1 fully saturated rings. The molecule has 1 aromatic rings. The third-order valence-electron chi connectivity index (χ3n) is 3.21. The van der Waals surface area contributed by atoms with Crippen molar-refractivity contribution in [2.24, 2.45) is 7.05 Å². The van der Waals surface area contributed by atoms with Gasteiger partial charge in [0.25, 0.3) is 11.6 Å². The van der Waals surface area contributed by atoms with Gasteiger partial charge in [-0.25, -0.2) is 0 Å². The van der Waals surface area contributed by atoms with Gasteiger partial charge in [-0.15, -0.1) is 0 Å². The predicted molar refractivity (Wildman–Crippen MR) is 76.1 cm³/mol. The smallest absolute Gasteiger partial charge is 0.287 e. The topological polar surface area (TPSA) is 77.6 Å². The SMILES string of the molecule is CC1CN(C(=O)c2cc([N+](=O)[O-])cn2C)CC(CBr)O1. The molecule has 110 valence electrons. The molecule has 7 nitrogen and oxygen atoms in total. The van der Waals surface area contributed by atoms with Crippen molar-refractivity contribution in [3.8, 4) is 0 Å². The number of morpholine rings is 1. The average Bonchev–Trinajstić information content (AvgIpc) is 2.79.